The molecule has 1 fully saturated rings. The summed E-state index contributed by atoms with van der Waals surface area (Å²) in [5, 5.41) is 0. The minimum atomic E-state index is -0.443. The Bertz CT molecular complexity index is 289. The van der Waals surface area contributed by atoms with Crippen molar-refractivity contribution in [3.05, 3.63) is 0 Å². The maximum absolute atomic E-state index is 11.9. The average Bonchev–Trinajstić information content (AvgIpc) is 2.76. The van der Waals surface area contributed by atoms with Crippen LogP contribution in [-0.4, -0.2) is 48.9 Å². The van der Waals surface area contributed by atoms with Crippen molar-refractivity contribution in [2.75, 3.05) is 26.3 Å². The van der Waals surface area contributed by atoms with Gasteiger partial charge in [-0.15, -0.1) is 0 Å². The van der Waals surface area contributed by atoms with E-state index >= 15 is 0 Å². The minimum absolute atomic E-state index is 0.000938. The number of amides is 1. The summed E-state index contributed by atoms with van der Waals surface area (Å²) in [6, 6.07) is -0.000938. The van der Waals surface area contributed by atoms with Crippen LogP contribution in [0.5, 0.6) is 0 Å². The maximum atomic E-state index is 11.9. The molecule has 0 bridgehead atoms. The summed E-state index contributed by atoms with van der Waals surface area (Å²) >= 11 is 0. The highest BCUT2D eigenvalue weighted by atomic mass is 16.6. The van der Waals surface area contributed by atoms with Crippen LogP contribution in [0.25, 0.3) is 0 Å². The largest absolute Gasteiger partial charge is 0.444 e. The predicted molar refractivity (Wildman–Crippen MR) is 75.0 cm³/mol. The van der Waals surface area contributed by atoms with Crippen molar-refractivity contribution in [1.82, 2.24) is 4.90 Å². The van der Waals surface area contributed by atoms with E-state index in [1.165, 1.54) is 0 Å². The Kier molecular flexibility index (Phi) is 6.07. The molecule has 1 amide bonds. The van der Waals surface area contributed by atoms with Gasteiger partial charge in [0.2, 0.25) is 0 Å². The SMILES string of the molecule is CCCOCC(N)C1CCN(C(=O)OC(C)(C)C)C1. The van der Waals surface area contributed by atoms with Gasteiger partial charge in [0.1, 0.15) is 5.60 Å². The number of carbonyl (C=O) groups excluding carboxylic acids is 1. The Labute approximate surface area is 116 Å². The van der Waals surface area contributed by atoms with Crippen LogP contribution in [0.4, 0.5) is 4.79 Å². The quantitative estimate of drug-likeness (QED) is 0.777. The van der Waals surface area contributed by atoms with Crippen LogP contribution in [0.2, 0.25) is 0 Å². The van der Waals surface area contributed by atoms with Gasteiger partial charge in [0, 0.05) is 25.7 Å². The number of likely N-dealkylation sites (tertiary alicyclic amines) is 1. The number of nitrogens with two attached hydrogens (primary N) is 1. The molecule has 0 aliphatic carbocycles. The lowest BCUT2D eigenvalue weighted by Crippen LogP contribution is -2.39. The second-order valence-electron chi connectivity index (χ2n) is 6.21. The lowest BCUT2D eigenvalue weighted by molar-refractivity contribution is 0.0281. The van der Waals surface area contributed by atoms with Gasteiger partial charge in [-0.25, -0.2) is 4.79 Å². The van der Waals surface area contributed by atoms with Crippen molar-refractivity contribution >= 4 is 6.09 Å². The van der Waals surface area contributed by atoms with Crippen LogP contribution in [0, 0.1) is 5.92 Å². The van der Waals surface area contributed by atoms with E-state index in [9.17, 15) is 4.79 Å². The molecule has 2 N–H and O–H groups in total. The summed E-state index contributed by atoms with van der Waals surface area (Å²) in [6.45, 7) is 10.4. The number of nitrogens with zero attached hydrogens (tertiary/aromatic N) is 1. The number of carbonyl (C=O) groups is 1. The van der Waals surface area contributed by atoms with Crippen LogP contribution >= 0.6 is 0 Å². The molecule has 0 aromatic rings. The molecular formula is C14H28N2O3. The standard InChI is InChI=1S/C14H28N2O3/c1-5-8-18-10-12(15)11-6-7-16(9-11)13(17)19-14(2,3)4/h11-12H,5-10,15H2,1-4H3. The van der Waals surface area contributed by atoms with Gasteiger partial charge in [-0.05, 0) is 39.5 Å². The summed E-state index contributed by atoms with van der Waals surface area (Å²) in [4.78, 5) is 13.7. The van der Waals surface area contributed by atoms with Crippen molar-refractivity contribution in [1.29, 1.82) is 0 Å². The van der Waals surface area contributed by atoms with Gasteiger partial charge in [-0.3, -0.25) is 0 Å². The first-order valence-corrected chi connectivity index (χ1v) is 7.14. The molecule has 1 aliphatic heterocycles. The molecule has 0 saturated carbocycles. The van der Waals surface area contributed by atoms with Crippen molar-refractivity contribution in [2.45, 2.75) is 52.2 Å². The molecule has 19 heavy (non-hydrogen) atoms. The van der Waals surface area contributed by atoms with Gasteiger partial charge in [-0.2, -0.15) is 0 Å². The highest BCUT2D eigenvalue weighted by Crippen LogP contribution is 2.21. The lowest BCUT2D eigenvalue weighted by atomic mass is 10.0. The molecule has 0 aromatic carbocycles. The van der Waals surface area contributed by atoms with Gasteiger partial charge in [-0.1, -0.05) is 6.92 Å². The first kappa shape index (κ1) is 16.2. The molecule has 1 saturated heterocycles. The fraction of sp³-hybridized carbons (Fsp3) is 0.929. The predicted octanol–water partition coefficient (Wildman–Crippen LogP) is 2.00. The van der Waals surface area contributed by atoms with Crippen LogP contribution < -0.4 is 5.73 Å². The summed E-state index contributed by atoms with van der Waals surface area (Å²) < 4.78 is 10.8. The average molecular weight is 272 g/mol. The highest BCUT2D eigenvalue weighted by molar-refractivity contribution is 5.68. The van der Waals surface area contributed by atoms with Gasteiger partial charge >= 0.3 is 6.09 Å². The van der Waals surface area contributed by atoms with Crippen LogP contribution in [0.3, 0.4) is 0 Å². The number of ether oxygens (including phenoxy) is 2. The van der Waals surface area contributed by atoms with Gasteiger partial charge in [0.15, 0.2) is 0 Å². The van der Waals surface area contributed by atoms with E-state index in [4.69, 9.17) is 15.2 Å². The molecule has 0 spiro atoms. The third-order valence-electron chi connectivity index (χ3n) is 3.14. The molecule has 112 valence electrons. The third kappa shape index (κ3) is 5.78. The van der Waals surface area contributed by atoms with Crippen LogP contribution in [0.1, 0.15) is 40.5 Å². The van der Waals surface area contributed by atoms with Crippen LogP contribution in [-0.2, 0) is 9.47 Å². The fourth-order valence-corrected chi connectivity index (χ4v) is 2.13. The molecule has 5 nitrogen and oxygen atoms in total. The van der Waals surface area contributed by atoms with Gasteiger partial charge in [0.05, 0.1) is 6.61 Å². The number of hydrogen-bond donors (Lipinski definition) is 1. The van der Waals surface area contributed by atoms with E-state index in [0.29, 0.717) is 19.1 Å². The van der Waals surface area contributed by atoms with E-state index in [2.05, 4.69) is 6.92 Å². The molecule has 2 unspecified atom stereocenters. The number of rotatable bonds is 5. The lowest BCUT2D eigenvalue weighted by Gasteiger charge is -2.25. The summed E-state index contributed by atoms with van der Waals surface area (Å²) in [7, 11) is 0. The highest BCUT2D eigenvalue weighted by Gasteiger charge is 2.32. The normalized spacial score (nSPS) is 21.5. The van der Waals surface area contributed by atoms with E-state index < -0.39 is 5.60 Å². The van der Waals surface area contributed by atoms with Crippen molar-refractivity contribution in [3.63, 3.8) is 0 Å². The second-order valence-corrected chi connectivity index (χ2v) is 6.21. The van der Waals surface area contributed by atoms with Gasteiger partial charge in [0.25, 0.3) is 0 Å². The molecule has 1 aliphatic rings. The zero-order chi connectivity index (χ0) is 14.5. The van der Waals surface area contributed by atoms with Crippen LogP contribution in [0.15, 0.2) is 0 Å². The Morgan fingerprint density at radius 3 is 2.74 bits per heavy atom. The third-order valence-corrected chi connectivity index (χ3v) is 3.14. The Morgan fingerprint density at radius 1 is 1.47 bits per heavy atom. The molecule has 1 rings (SSSR count). The van der Waals surface area contributed by atoms with Crippen molar-refractivity contribution in [3.8, 4) is 0 Å². The summed E-state index contributed by atoms with van der Waals surface area (Å²) in [5.74, 6) is 0.310. The molecule has 1 heterocycles. The van der Waals surface area contributed by atoms with E-state index in [0.717, 1.165) is 26.0 Å². The topological polar surface area (TPSA) is 64.8 Å². The minimum Gasteiger partial charge on any atom is -0.444 e. The molecule has 0 radical (unpaired) electrons. The zero-order valence-electron chi connectivity index (χ0n) is 12.6. The summed E-state index contributed by atoms with van der Waals surface area (Å²) in [5.41, 5.74) is 5.66. The fourth-order valence-electron chi connectivity index (χ4n) is 2.13. The second kappa shape index (κ2) is 7.10. The Hall–Kier alpha value is -0.810. The van der Waals surface area contributed by atoms with E-state index in [1.807, 2.05) is 20.8 Å². The smallest absolute Gasteiger partial charge is 0.410 e. The molecule has 5 heteroatoms. The summed E-state index contributed by atoms with van der Waals surface area (Å²) in [6.07, 6.45) is 1.69. The Balaban J connectivity index is 2.34. The van der Waals surface area contributed by atoms with E-state index in [1.54, 1.807) is 4.90 Å². The van der Waals surface area contributed by atoms with Crippen molar-refractivity contribution < 1.29 is 14.3 Å². The first-order valence-electron chi connectivity index (χ1n) is 7.14. The maximum Gasteiger partial charge on any atom is 0.410 e. The molecule has 0 aromatic heterocycles. The molecule has 2 atom stereocenters. The van der Waals surface area contributed by atoms with E-state index in [-0.39, 0.29) is 12.1 Å². The monoisotopic (exact) mass is 272 g/mol. The van der Waals surface area contributed by atoms with Crippen molar-refractivity contribution in [2.24, 2.45) is 11.7 Å². The number of hydrogen-bond acceptors (Lipinski definition) is 4. The van der Waals surface area contributed by atoms with Gasteiger partial charge < -0.3 is 20.1 Å². The molecular weight excluding hydrogens is 244 g/mol. The zero-order valence-corrected chi connectivity index (χ0v) is 12.6. The first-order chi connectivity index (χ1) is 8.83. The Morgan fingerprint density at radius 2 is 2.16 bits per heavy atom.